The second-order valence-electron chi connectivity index (χ2n) is 4.42. The molecule has 8 heteroatoms. The van der Waals surface area contributed by atoms with Crippen molar-refractivity contribution in [1.82, 2.24) is 15.8 Å². The first kappa shape index (κ1) is 18.8. The van der Waals surface area contributed by atoms with Gasteiger partial charge in [-0.15, -0.1) is 12.4 Å². The van der Waals surface area contributed by atoms with Crippen LogP contribution in [0.2, 0.25) is 10.0 Å². The van der Waals surface area contributed by atoms with Crippen molar-refractivity contribution in [3.8, 4) is 11.3 Å². The van der Waals surface area contributed by atoms with Crippen LogP contribution in [0.5, 0.6) is 0 Å². The Balaban J connectivity index is 0.00000242. The van der Waals surface area contributed by atoms with Crippen molar-refractivity contribution in [2.45, 2.75) is 6.92 Å². The number of carbonyl (C=O) groups is 1. The van der Waals surface area contributed by atoms with E-state index in [1.165, 1.54) is 0 Å². The lowest BCUT2D eigenvalue weighted by Gasteiger charge is -2.07. The van der Waals surface area contributed by atoms with Gasteiger partial charge in [0.15, 0.2) is 0 Å². The fourth-order valence-corrected chi connectivity index (χ4v) is 2.50. The van der Waals surface area contributed by atoms with Gasteiger partial charge in [-0.25, -0.2) is 0 Å². The molecule has 0 saturated heterocycles. The number of likely N-dealkylation sites (N-methyl/N-ethyl adjacent to an activating group) is 1. The van der Waals surface area contributed by atoms with Crippen LogP contribution in [0, 0.1) is 6.92 Å². The number of aromatic nitrogens is 1. The predicted octanol–water partition coefficient (Wildman–Crippen LogP) is 3.33. The Morgan fingerprint density at radius 1 is 1.27 bits per heavy atom. The molecule has 2 N–H and O–H groups in total. The van der Waals surface area contributed by atoms with Gasteiger partial charge in [-0.2, -0.15) is 0 Å². The van der Waals surface area contributed by atoms with E-state index in [0.29, 0.717) is 45.7 Å². The van der Waals surface area contributed by atoms with Crippen molar-refractivity contribution >= 4 is 41.5 Å². The van der Waals surface area contributed by atoms with E-state index in [9.17, 15) is 4.79 Å². The van der Waals surface area contributed by atoms with Gasteiger partial charge in [0.25, 0.3) is 5.91 Å². The minimum Gasteiger partial charge on any atom is -0.360 e. The van der Waals surface area contributed by atoms with Crippen LogP contribution in [0.4, 0.5) is 0 Å². The zero-order valence-corrected chi connectivity index (χ0v) is 14.4. The van der Waals surface area contributed by atoms with Crippen LogP contribution in [-0.2, 0) is 0 Å². The lowest BCUT2D eigenvalue weighted by atomic mass is 10.1. The van der Waals surface area contributed by atoms with E-state index in [-0.39, 0.29) is 18.3 Å². The first-order chi connectivity index (χ1) is 10.1. The molecule has 1 aromatic carbocycles. The smallest absolute Gasteiger partial charge is 0.257 e. The quantitative estimate of drug-likeness (QED) is 0.799. The summed E-state index contributed by atoms with van der Waals surface area (Å²) in [5.41, 5.74) is 1.20. The van der Waals surface area contributed by atoms with Crippen LogP contribution in [0.1, 0.15) is 16.1 Å². The molecule has 1 aromatic heterocycles. The zero-order valence-electron chi connectivity index (χ0n) is 12.1. The third-order valence-electron chi connectivity index (χ3n) is 2.95. The minimum absolute atomic E-state index is 0. The molecular formula is C14H16Cl3N3O2. The van der Waals surface area contributed by atoms with E-state index in [2.05, 4.69) is 15.8 Å². The molecule has 2 aromatic rings. The van der Waals surface area contributed by atoms with Crippen LogP contribution in [0.25, 0.3) is 11.3 Å². The van der Waals surface area contributed by atoms with Crippen LogP contribution < -0.4 is 10.6 Å². The highest BCUT2D eigenvalue weighted by Crippen LogP contribution is 2.36. The van der Waals surface area contributed by atoms with Crippen molar-refractivity contribution in [2.75, 3.05) is 20.1 Å². The van der Waals surface area contributed by atoms with Gasteiger partial charge < -0.3 is 15.2 Å². The van der Waals surface area contributed by atoms with Gasteiger partial charge in [0, 0.05) is 18.7 Å². The number of carbonyl (C=O) groups excluding carboxylic acids is 1. The fourth-order valence-electron chi connectivity index (χ4n) is 1.92. The van der Waals surface area contributed by atoms with E-state index < -0.39 is 0 Å². The van der Waals surface area contributed by atoms with Crippen LogP contribution in [0.3, 0.4) is 0 Å². The first-order valence-electron chi connectivity index (χ1n) is 6.39. The lowest BCUT2D eigenvalue weighted by Crippen LogP contribution is -2.30. The number of benzene rings is 1. The molecule has 0 bridgehead atoms. The molecule has 0 aliphatic heterocycles. The van der Waals surface area contributed by atoms with Crippen molar-refractivity contribution < 1.29 is 9.32 Å². The Morgan fingerprint density at radius 2 is 1.91 bits per heavy atom. The van der Waals surface area contributed by atoms with Crippen molar-refractivity contribution in [3.63, 3.8) is 0 Å². The number of hydrogen-bond donors (Lipinski definition) is 2. The molecule has 0 fully saturated rings. The highest BCUT2D eigenvalue weighted by Gasteiger charge is 2.24. The first-order valence-corrected chi connectivity index (χ1v) is 7.15. The number of hydrogen-bond acceptors (Lipinski definition) is 4. The summed E-state index contributed by atoms with van der Waals surface area (Å²) in [6.45, 7) is 2.84. The van der Waals surface area contributed by atoms with Gasteiger partial charge in [-0.1, -0.05) is 34.4 Å². The summed E-state index contributed by atoms with van der Waals surface area (Å²) < 4.78 is 5.14. The fraction of sp³-hybridized carbons (Fsp3) is 0.286. The Morgan fingerprint density at radius 3 is 2.50 bits per heavy atom. The largest absolute Gasteiger partial charge is 0.360 e. The highest BCUT2D eigenvalue weighted by molar-refractivity contribution is 6.39. The highest BCUT2D eigenvalue weighted by atomic mass is 35.5. The Labute approximate surface area is 144 Å². The van der Waals surface area contributed by atoms with E-state index >= 15 is 0 Å². The van der Waals surface area contributed by atoms with E-state index in [4.69, 9.17) is 27.7 Å². The predicted molar refractivity (Wildman–Crippen MR) is 90.2 cm³/mol. The van der Waals surface area contributed by atoms with Gasteiger partial charge >= 0.3 is 0 Å². The molecule has 0 unspecified atom stereocenters. The summed E-state index contributed by atoms with van der Waals surface area (Å²) in [5.74, 6) is 0.151. The third kappa shape index (κ3) is 3.93. The van der Waals surface area contributed by atoms with E-state index in [1.807, 2.05) is 7.05 Å². The maximum Gasteiger partial charge on any atom is 0.257 e. The molecule has 120 valence electrons. The number of halogens is 3. The second kappa shape index (κ2) is 8.39. The summed E-state index contributed by atoms with van der Waals surface area (Å²) in [7, 11) is 1.81. The normalized spacial score (nSPS) is 10.2. The van der Waals surface area contributed by atoms with Crippen LogP contribution >= 0.6 is 35.6 Å². The summed E-state index contributed by atoms with van der Waals surface area (Å²) in [4.78, 5) is 12.3. The van der Waals surface area contributed by atoms with Gasteiger partial charge in [-0.3, -0.25) is 4.79 Å². The molecular weight excluding hydrogens is 349 g/mol. The van der Waals surface area contributed by atoms with Crippen LogP contribution in [-0.4, -0.2) is 31.2 Å². The number of nitrogens with one attached hydrogen (secondary N) is 2. The average Bonchev–Trinajstić information content (AvgIpc) is 2.80. The molecule has 0 aliphatic carbocycles. The molecule has 1 amide bonds. The maximum atomic E-state index is 12.3. The standard InChI is InChI=1S/C14H15Cl2N3O2.ClH/c1-8-11(14(20)18-7-6-17-2)13(19-21-8)12-9(15)4-3-5-10(12)16;/h3-5,17H,6-7H2,1-2H3,(H,18,20);1H. The van der Waals surface area contributed by atoms with E-state index in [0.717, 1.165) is 0 Å². The molecule has 0 atom stereocenters. The average molecular weight is 365 g/mol. The number of rotatable bonds is 5. The molecule has 0 radical (unpaired) electrons. The van der Waals surface area contributed by atoms with Gasteiger partial charge in [-0.05, 0) is 26.1 Å². The van der Waals surface area contributed by atoms with E-state index in [1.54, 1.807) is 25.1 Å². The zero-order chi connectivity index (χ0) is 15.4. The molecule has 0 saturated carbocycles. The summed E-state index contributed by atoms with van der Waals surface area (Å²) in [6, 6.07) is 5.11. The number of nitrogens with zero attached hydrogens (tertiary/aromatic N) is 1. The Kier molecular flexibility index (Phi) is 7.16. The molecule has 2 rings (SSSR count). The van der Waals surface area contributed by atoms with Gasteiger partial charge in [0.1, 0.15) is 17.0 Å². The number of aryl methyl sites for hydroxylation is 1. The summed E-state index contributed by atoms with van der Waals surface area (Å²) in [6.07, 6.45) is 0. The SMILES string of the molecule is CNCCNC(=O)c1c(-c2c(Cl)cccc2Cl)noc1C.Cl. The minimum atomic E-state index is -0.269. The molecule has 1 heterocycles. The molecule has 5 nitrogen and oxygen atoms in total. The topological polar surface area (TPSA) is 67.2 Å². The van der Waals surface area contributed by atoms with Crippen LogP contribution in [0.15, 0.2) is 22.7 Å². The Bertz CT molecular complexity index is 639. The maximum absolute atomic E-state index is 12.3. The molecule has 22 heavy (non-hydrogen) atoms. The summed E-state index contributed by atoms with van der Waals surface area (Å²) >= 11 is 12.3. The molecule has 0 spiro atoms. The van der Waals surface area contributed by atoms with Crippen molar-refractivity contribution in [1.29, 1.82) is 0 Å². The van der Waals surface area contributed by atoms with Gasteiger partial charge in [0.2, 0.25) is 0 Å². The van der Waals surface area contributed by atoms with Crippen molar-refractivity contribution in [2.24, 2.45) is 0 Å². The third-order valence-corrected chi connectivity index (χ3v) is 3.58. The second-order valence-corrected chi connectivity index (χ2v) is 5.23. The molecule has 0 aliphatic rings. The van der Waals surface area contributed by atoms with Gasteiger partial charge in [0.05, 0.1) is 10.0 Å². The van der Waals surface area contributed by atoms with Crippen molar-refractivity contribution in [3.05, 3.63) is 39.6 Å². The lowest BCUT2D eigenvalue weighted by molar-refractivity contribution is 0.0953. The Hall–Kier alpha value is -1.27. The summed E-state index contributed by atoms with van der Waals surface area (Å²) in [5, 5.41) is 10.5. The number of amides is 1. The monoisotopic (exact) mass is 363 g/mol.